The third-order valence-electron chi connectivity index (χ3n) is 5.35. The molecule has 156 valence electrons. The van der Waals surface area contributed by atoms with Gasteiger partial charge in [0.25, 0.3) is 5.91 Å². The van der Waals surface area contributed by atoms with Crippen LogP contribution in [0.2, 0.25) is 0 Å². The number of morpholine rings is 1. The van der Waals surface area contributed by atoms with E-state index in [1.807, 2.05) is 13.8 Å². The second kappa shape index (κ2) is 6.95. The molecular formula is C21H24F3N3O2. The monoisotopic (exact) mass is 407 g/mol. The SMILES string of the molecule is Cc1cc(C(=O)NC2COCC(C)(C)N2)nc2c(C(F)(F)F)cc(C3CC3)cc12. The second-order valence-corrected chi connectivity index (χ2v) is 8.63. The third-order valence-corrected chi connectivity index (χ3v) is 5.35. The lowest BCUT2D eigenvalue weighted by Crippen LogP contribution is -2.61. The van der Waals surface area contributed by atoms with E-state index in [0.29, 0.717) is 23.1 Å². The van der Waals surface area contributed by atoms with E-state index >= 15 is 0 Å². The first-order valence-corrected chi connectivity index (χ1v) is 9.72. The van der Waals surface area contributed by atoms with Crippen LogP contribution in [0.25, 0.3) is 10.9 Å². The molecule has 5 nitrogen and oxygen atoms in total. The smallest absolute Gasteiger partial charge is 0.376 e. The van der Waals surface area contributed by atoms with E-state index < -0.39 is 23.8 Å². The van der Waals surface area contributed by atoms with Crippen LogP contribution < -0.4 is 10.6 Å². The maximum absolute atomic E-state index is 13.7. The number of carbonyl (C=O) groups is 1. The number of hydrogen-bond donors (Lipinski definition) is 2. The van der Waals surface area contributed by atoms with Crippen LogP contribution in [0.5, 0.6) is 0 Å². The van der Waals surface area contributed by atoms with E-state index in [-0.39, 0.29) is 29.3 Å². The van der Waals surface area contributed by atoms with Crippen LogP contribution in [0.1, 0.15) is 59.8 Å². The highest BCUT2D eigenvalue weighted by atomic mass is 19.4. The lowest BCUT2D eigenvalue weighted by atomic mass is 9.98. The summed E-state index contributed by atoms with van der Waals surface area (Å²) in [6, 6.07) is 4.52. The number of halogens is 3. The summed E-state index contributed by atoms with van der Waals surface area (Å²) in [5, 5.41) is 6.45. The first-order valence-electron chi connectivity index (χ1n) is 9.72. The zero-order valence-corrected chi connectivity index (χ0v) is 16.6. The predicted molar refractivity (Wildman–Crippen MR) is 103 cm³/mol. The lowest BCUT2D eigenvalue weighted by Gasteiger charge is -2.37. The number of aromatic nitrogens is 1. The van der Waals surface area contributed by atoms with Gasteiger partial charge in [-0.2, -0.15) is 13.2 Å². The van der Waals surface area contributed by atoms with Crippen molar-refractivity contribution in [3.05, 3.63) is 40.6 Å². The summed E-state index contributed by atoms with van der Waals surface area (Å²) < 4.78 is 46.7. The Kier molecular flexibility index (Phi) is 4.82. The van der Waals surface area contributed by atoms with Gasteiger partial charge in [0.1, 0.15) is 11.9 Å². The average Bonchev–Trinajstić information content (AvgIpc) is 3.44. The van der Waals surface area contributed by atoms with Gasteiger partial charge in [0.05, 0.1) is 24.3 Å². The van der Waals surface area contributed by atoms with Gasteiger partial charge in [0.2, 0.25) is 0 Å². The van der Waals surface area contributed by atoms with E-state index in [2.05, 4.69) is 15.6 Å². The number of rotatable bonds is 3. The van der Waals surface area contributed by atoms with Gasteiger partial charge in [0.15, 0.2) is 0 Å². The summed E-state index contributed by atoms with van der Waals surface area (Å²) in [7, 11) is 0. The maximum atomic E-state index is 13.7. The highest BCUT2D eigenvalue weighted by Crippen LogP contribution is 2.44. The molecule has 1 atom stereocenters. The second-order valence-electron chi connectivity index (χ2n) is 8.63. The third kappa shape index (κ3) is 4.23. The molecule has 2 N–H and O–H groups in total. The number of ether oxygens (including phenoxy) is 1. The zero-order valence-electron chi connectivity index (χ0n) is 16.6. The normalized spacial score (nSPS) is 21.9. The van der Waals surface area contributed by atoms with Gasteiger partial charge in [-0.15, -0.1) is 0 Å². The van der Waals surface area contributed by atoms with E-state index in [9.17, 15) is 18.0 Å². The van der Waals surface area contributed by atoms with E-state index in [1.54, 1.807) is 19.1 Å². The summed E-state index contributed by atoms with van der Waals surface area (Å²) in [6.45, 7) is 6.38. The Morgan fingerprint density at radius 1 is 1.28 bits per heavy atom. The number of alkyl halides is 3. The molecule has 2 aliphatic rings. The lowest BCUT2D eigenvalue weighted by molar-refractivity contribution is -0.136. The zero-order chi connectivity index (χ0) is 21.0. The van der Waals surface area contributed by atoms with Crippen LogP contribution in [0.4, 0.5) is 13.2 Å². The highest BCUT2D eigenvalue weighted by molar-refractivity contribution is 5.97. The van der Waals surface area contributed by atoms with Gasteiger partial charge in [-0.05, 0) is 68.9 Å². The number of aryl methyl sites for hydroxylation is 1. The Morgan fingerprint density at radius 2 is 2.00 bits per heavy atom. The van der Waals surface area contributed by atoms with Crippen molar-refractivity contribution in [2.45, 2.75) is 57.4 Å². The van der Waals surface area contributed by atoms with Crippen molar-refractivity contribution in [3.8, 4) is 0 Å². The van der Waals surface area contributed by atoms with Crippen molar-refractivity contribution in [3.63, 3.8) is 0 Å². The highest BCUT2D eigenvalue weighted by Gasteiger charge is 2.36. The maximum Gasteiger partial charge on any atom is 0.418 e. The van der Waals surface area contributed by atoms with Crippen LogP contribution in [-0.4, -0.2) is 35.8 Å². The van der Waals surface area contributed by atoms with E-state index in [0.717, 1.165) is 12.8 Å². The van der Waals surface area contributed by atoms with Crippen molar-refractivity contribution in [2.24, 2.45) is 0 Å². The van der Waals surface area contributed by atoms with Crippen LogP contribution in [-0.2, 0) is 10.9 Å². The summed E-state index contributed by atoms with van der Waals surface area (Å²) in [4.78, 5) is 16.8. The van der Waals surface area contributed by atoms with Crippen molar-refractivity contribution in [1.29, 1.82) is 0 Å². The number of hydrogen-bond acceptors (Lipinski definition) is 4. The fourth-order valence-corrected chi connectivity index (χ4v) is 3.80. The molecule has 1 aromatic carbocycles. The quantitative estimate of drug-likeness (QED) is 0.810. The van der Waals surface area contributed by atoms with Crippen LogP contribution in [0.3, 0.4) is 0 Å². The number of fused-ring (bicyclic) bond motifs is 1. The molecule has 1 aliphatic heterocycles. The van der Waals surface area contributed by atoms with Gasteiger partial charge in [0, 0.05) is 10.9 Å². The number of amides is 1. The molecule has 1 aromatic heterocycles. The van der Waals surface area contributed by atoms with Crippen molar-refractivity contribution in [1.82, 2.24) is 15.6 Å². The van der Waals surface area contributed by atoms with Gasteiger partial charge in [-0.25, -0.2) is 4.98 Å². The molecule has 1 unspecified atom stereocenters. The van der Waals surface area contributed by atoms with Crippen LogP contribution >= 0.6 is 0 Å². The molecule has 2 heterocycles. The largest absolute Gasteiger partial charge is 0.418 e. The Bertz CT molecular complexity index is 968. The molecule has 0 bridgehead atoms. The number of nitrogens with one attached hydrogen (secondary N) is 2. The minimum Gasteiger partial charge on any atom is -0.376 e. The number of benzene rings is 1. The molecule has 29 heavy (non-hydrogen) atoms. The summed E-state index contributed by atoms with van der Waals surface area (Å²) in [5.74, 6) is -0.350. The Labute approximate surface area is 167 Å². The molecule has 1 amide bonds. The van der Waals surface area contributed by atoms with Crippen LogP contribution in [0, 0.1) is 6.92 Å². The summed E-state index contributed by atoms with van der Waals surface area (Å²) in [5.41, 5.74) is -0.0231. The van der Waals surface area contributed by atoms with Crippen LogP contribution in [0.15, 0.2) is 18.2 Å². The molecular weight excluding hydrogens is 383 g/mol. The molecule has 4 rings (SSSR count). The molecule has 8 heteroatoms. The van der Waals surface area contributed by atoms with Crippen molar-refractivity contribution in [2.75, 3.05) is 13.2 Å². The van der Waals surface area contributed by atoms with Gasteiger partial charge >= 0.3 is 6.18 Å². The molecule has 0 spiro atoms. The van der Waals surface area contributed by atoms with Gasteiger partial charge < -0.3 is 10.1 Å². The minimum atomic E-state index is -4.54. The van der Waals surface area contributed by atoms with E-state index in [1.165, 1.54) is 6.07 Å². The van der Waals surface area contributed by atoms with Crippen molar-refractivity contribution < 1.29 is 22.7 Å². The van der Waals surface area contributed by atoms with Gasteiger partial charge in [-0.1, -0.05) is 0 Å². The molecule has 1 saturated heterocycles. The van der Waals surface area contributed by atoms with Gasteiger partial charge in [-0.3, -0.25) is 10.1 Å². The van der Waals surface area contributed by atoms with E-state index in [4.69, 9.17) is 4.74 Å². The Balaban J connectivity index is 1.70. The summed E-state index contributed by atoms with van der Waals surface area (Å²) >= 11 is 0. The first kappa shape index (κ1) is 20.1. The fraction of sp³-hybridized carbons (Fsp3) is 0.524. The Hall–Kier alpha value is -2.19. The predicted octanol–water partition coefficient (Wildman–Crippen LogP) is 3.89. The first-order chi connectivity index (χ1) is 13.5. The average molecular weight is 407 g/mol. The molecule has 1 saturated carbocycles. The fourth-order valence-electron chi connectivity index (χ4n) is 3.80. The number of carbonyl (C=O) groups excluding carboxylic acids is 1. The minimum absolute atomic E-state index is 0.0372. The molecule has 2 fully saturated rings. The Morgan fingerprint density at radius 3 is 2.62 bits per heavy atom. The molecule has 2 aromatic rings. The summed E-state index contributed by atoms with van der Waals surface area (Å²) in [6.07, 6.45) is -3.17. The topological polar surface area (TPSA) is 63.2 Å². The molecule has 1 aliphatic carbocycles. The standard InChI is InChI=1S/C21H24F3N3O2/c1-11-6-16(19(28)26-17-9-29-10-20(2,3)27-17)25-18-14(11)7-13(12-4-5-12)8-15(18)21(22,23)24/h6-8,12,17,27H,4-5,9-10H2,1-3H3,(H,26,28). The number of nitrogens with zero attached hydrogens (tertiary/aromatic N) is 1. The van der Waals surface area contributed by atoms with Crippen molar-refractivity contribution >= 4 is 16.8 Å². The molecule has 0 radical (unpaired) electrons. The number of pyridine rings is 1.